The van der Waals surface area contributed by atoms with Crippen molar-refractivity contribution in [2.45, 2.75) is 51.2 Å². The molecule has 0 aliphatic heterocycles. The largest absolute Gasteiger partial charge is 0.339 e. The molecule has 0 aromatic carbocycles. The highest BCUT2D eigenvalue weighted by atomic mass is 32.2. The molecular weight excluding hydrogens is 234 g/mol. The minimum absolute atomic E-state index is 0.782. The van der Waals surface area contributed by atoms with Gasteiger partial charge in [-0.3, -0.25) is 0 Å². The van der Waals surface area contributed by atoms with Crippen LogP contribution < -0.4 is 5.73 Å². The maximum absolute atomic E-state index is 5.44. The maximum Gasteiger partial charge on any atom is 0.226 e. The van der Waals surface area contributed by atoms with Crippen molar-refractivity contribution in [2.75, 3.05) is 12.3 Å². The van der Waals surface area contributed by atoms with Crippen molar-refractivity contribution < 1.29 is 4.52 Å². The average molecular weight is 257 g/mol. The van der Waals surface area contributed by atoms with Crippen LogP contribution in [0.1, 0.15) is 50.7 Å². The Labute approximate surface area is 108 Å². The topological polar surface area (TPSA) is 64.9 Å². The molecule has 0 spiro atoms. The molecule has 0 amide bonds. The first-order valence-corrected chi connectivity index (χ1v) is 7.61. The molecule has 1 aromatic rings. The molecule has 0 saturated heterocycles. The Morgan fingerprint density at radius 2 is 2.06 bits per heavy atom. The van der Waals surface area contributed by atoms with E-state index >= 15 is 0 Å². The predicted molar refractivity (Wildman–Crippen MR) is 72.0 cm³/mol. The fourth-order valence-corrected chi connectivity index (χ4v) is 2.27. The molecule has 0 aliphatic carbocycles. The van der Waals surface area contributed by atoms with Crippen molar-refractivity contribution >= 4 is 11.8 Å². The van der Waals surface area contributed by atoms with E-state index in [0.29, 0.717) is 0 Å². The van der Waals surface area contributed by atoms with Crippen LogP contribution in [0.15, 0.2) is 4.52 Å². The lowest BCUT2D eigenvalue weighted by molar-refractivity contribution is 0.370. The highest BCUT2D eigenvalue weighted by Gasteiger charge is 2.05. The highest BCUT2D eigenvalue weighted by Crippen LogP contribution is 2.11. The number of aromatic nitrogens is 2. The van der Waals surface area contributed by atoms with Gasteiger partial charge in [-0.1, -0.05) is 24.9 Å². The van der Waals surface area contributed by atoms with Crippen LogP contribution in [-0.2, 0) is 12.2 Å². The first kappa shape index (κ1) is 14.5. The van der Waals surface area contributed by atoms with Crippen LogP contribution in [0.3, 0.4) is 0 Å². The summed E-state index contributed by atoms with van der Waals surface area (Å²) in [6, 6.07) is 0. The molecule has 0 saturated carbocycles. The van der Waals surface area contributed by atoms with E-state index in [0.717, 1.165) is 49.0 Å². The van der Waals surface area contributed by atoms with E-state index in [9.17, 15) is 0 Å². The molecule has 0 aliphatic rings. The molecule has 17 heavy (non-hydrogen) atoms. The lowest BCUT2D eigenvalue weighted by atomic mass is 10.1. The average Bonchev–Trinajstić information content (AvgIpc) is 2.77. The molecule has 4 nitrogen and oxygen atoms in total. The summed E-state index contributed by atoms with van der Waals surface area (Å²) in [6.07, 6.45) is 6.71. The molecule has 1 heterocycles. The lowest BCUT2D eigenvalue weighted by Crippen LogP contribution is -1.97. The summed E-state index contributed by atoms with van der Waals surface area (Å²) in [7, 11) is 0. The van der Waals surface area contributed by atoms with Crippen molar-refractivity contribution in [1.82, 2.24) is 10.1 Å². The molecule has 0 unspecified atom stereocenters. The van der Waals surface area contributed by atoms with Crippen molar-refractivity contribution in [3.8, 4) is 0 Å². The molecule has 1 rings (SSSR count). The first-order chi connectivity index (χ1) is 8.36. The number of rotatable bonds is 10. The zero-order valence-electron chi connectivity index (χ0n) is 10.7. The van der Waals surface area contributed by atoms with E-state index < -0.39 is 0 Å². The summed E-state index contributed by atoms with van der Waals surface area (Å²) in [5.74, 6) is 3.64. The normalized spacial score (nSPS) is 10.9. The fraction of sp³-hybridized carbons (Fsp3) is 0.833. The number of thioether (sulfide) groups is 1. The standard InChI is InChI=1S/C12H23N3OS/c1-2-9-17-10-11-14-12(16-15-11)7-5-3-4-6-8-13/h2-10,13H2,1H3. The van der Waals surface area contributed by atoms with Gasteiger partial charge in [0, 0.05) is 6.42 Å². The van der Waals surface area contributed by atoms with Crippen molar-refractivity contribution in [2.24, 2.45) is 5.73 Å². The van der Waals surface area contributed by atoms with Gasteiger partial charge in [-0.15, -0.1) is 0 Å². The van der Waals surface area contributed by atoms with Crippen molar-refractivity contribution in [1.29, 1.82) is 0 Å². The number of unbranched alkanes of at least 4 members (excludes halogenated alkanes) is 3. The third-order valence-electron chi connectivity index (χ3n) is 2.43. The Kier molecular flexibility index (Phi) is 8.09. The van der Waals surface area contributed by atoms with Crippen LogP contribution in [0.25, 0.3) is 0 Å². The zero-order chi connectivity index (χ0) is 12.3. The number of nitrogens with two attached hydrogens (primary N) is 1. The van der Waals surface area contributed by atoms with Gasteiger partial charge >= 0.3 is 0 Å². The van der Waals surface area contributed by atoms with Crippen molar-refractivity contribution in [3.05, 3.63) is 11.7 Å². The van der Waals surface area contributed by atoms with Gasteiger partial charge < -0.3 is 10.3 Å². The minimum atomic E-state index is 0.782. The Morgan fingerprint density at radius 3 is 2.82 bits per heavy atom. The van der Waals surface area contributed by atoms with Gasteiger partial charge in [0.2, 0.25) is 5.89 Å². The van der Waals surface area contributed by atoms with Crippen molar-refractivity contribution in [3.63, 3.8) is 0 Å². The van der Waals surface area contributed by atoms with E-state index in [-0.39, 0.29) is 0 Å². The number of aryl methyl sites for hydroxylation is 1. The summed E-state index contributed by atoms with van der Waals surface area (Å²) >= 11 is 1.86. The maximum atomic E-state index is 5.44. The smallest absolute Gasteiger partial charge is 0.226 e. The van der Waals surface area contributed by atoms with Crippen LogP contribution in [0.2, 0.25) is 0 Å². The zero-order valence-corrected chi connectivity index (χ0v) is 11.5. The van der Waals surface area contributed by atoms with Crippen LogP contribution in [0, 0.1) is 0 Å². The molecule has 0 atom stereocenters. The summed E-state index contributed by atoms with van der Waals surface area (Å²) in [4.78, 5) is 4.38. The summed E-state index contributed by atoms with van der Waals surface area (Å²) in [5.41, 5.74) is 5.44. The molecule has 5 heteroatoms. The number of hydrogen-bond acceptors (Lipinski definition) is 5. The van der Waals surface area contributed by atoms with E-state index in [4.69, 9.17) is 10.3 Å². The summed E-state index contributed by atoms with van der Waals surface area (Å²) < 4.78 is 5.20. The third kappa shape index (κ3) is 6.68. The highest BCUT2D eigenvalue weighted by molar-refractivity contribution is 7.98. The quantitative estimate of drug-likeness (QED) is 0.653. The second-order valence-corrected chi connectivity index (χ2v) is 5.21. The van der Waals surface area contributed by atoms with Gasteiger partial charge in [-0.2, -0.15) is 16.7 Å². The molecule has 1 aromatic heterocycles. The third-order valence-corrected chi connectivity index (χ3v) is 3.59. The Balaban J connectivity index is 2.12. The van der Waals surface area contributed by atoms with E-state index in [1.54, 1.807) is 0 Å². The second-order valence-electron chi connectivity index (χ2n) is 4.11. The van der Waals surface area contributed by atoms with Crippen LogP contribution in [-0.4, -0.2) is 22.4 Å². The Bertz CT molecular complexity index is 291. The monoisotopic (exact) mass is 257 g/mol. The van der Waals surface area contributed by atoms with E-state index in [1.165, 1.54) is 19.3 Å². The lowest BCUT2D eigenvalue weighted by Gasteiger charge is -1.96. The van der Waals surface area contributed by atoms with Gasteiger partial charge in [-0.05, 0) is 31.6 Å². The van der Waals surface area contributed by atoms with Gasteiger partial charge in [0.1, 0.15) is 0 Å². The van der Waals surface area contributed by atoms with Crippen LogP contribution >= 0.6 is 11.8 Å². The SMILES string of the molecule is CCCSCc1noc(CCCCCCN)n1. The second kappa shape index (κ2) is 9.48. The summed E-state index contributed by atoms with van der Waals surface area (Å²) in [6.45, 7) is 2.97. The van der Waals surface area contributed by atoms with Gasteiger partial charge in [0.05, 0.1) is 5.75 Å². The Hall–Kier alpha value is -0.550. The first-order valence-electron chi connectivity index (χ1n) is 6.46. The van der Waals surface area contributed by atoms with Gasteiger partial charge in [0.15, 0.2) is 5.82 Å². The van der Waals surface area contributed by atoms with E-state index in [2.05, 4.69) is 17.1 Å². The fourth-order valence-electron chi connectivity index (χ4n) is 1.53. The molecular formula is C12H23N3OS. The molecule has 2 N–H and O–H groups in total. The molecule has 0 radical (unpaired) electrons. The number of hydrogen-bond donors (Lipinski definition) is 1. The van der Waals surface area contributed by atoms with Gasteiger partial charge in [-0.25, -0.2) is 0 Å². The predicted octanol–water partition coefficient (Wildman–Crippen LogP) is 2.77. The van der Waals surface area contributed by atoms with E-state index in [1.807, 2.05) is 11.8 Å². The van der Waals surface area contributed by atoms with Crippen LogP contribution in [0.4, 0.5) is 0 Å². The molecule has 0 fully saturated rings. The van der Waals surface area contributed by atoms with Gasteiger partial charge in [0.25, 0.3) is 0 Å². The Morgan fingerprint density at radius 1 is 1.24 bits per heavy atom. The minimum Gasteiger partial charge on any atom is -0.339 e. The van der Waals surface area contributed by atoms with Crippen LogP contribution in [0.5, 0.6) is 0 Å². The number of nitrogens with zero attached hydrogens (tertiary/aromatic N) is 2. The molecule has 0 bridgehead atoms. The summed E-state index contributed by atoms with van der Waals surface area (Å²) in [5, 5.41) is 3.98. The molecule has 98 valence electrons.